The van der Waals surface area contributed by atoms with Gasteiger partial charge in [-0.1, -0.05) is 42.8 Å². The third-order valence-electron chi connectivity index (χ3n) is 3.56. The molecule has 0 saturated carbocycles. The van der Waals surface area contributed by atoms with Crippen molar-refractivity contribution >= 4 is 0 Å². The first kappa shape index (κ1) is 11.4. The van der Waals surface area contributed by atoms with Crippen molar-refractivity contribution < 1.29 is 0 Å². The van der Waals surface area contributed by atoms with Gasteiger partial charge in [0.25, 0.3) is 0 Å². The minimum atomic E-state index is 0.412. The van der Waals surface area contributed by atoms with Crippen LogP contribution in [0, 0.1) is 0 Å². The van der Waals surface area contributed by atoms with Gasteiger partial charge in [-0.3, -0.25) is 4.98 Å². The Balaban J connectivity index is 1.99. The van der Waals surface area contributed by atoms with Crippen molar-refractivity contribution in [2.75, 3.05) is 6.54 Å². The molecule has 2 heterocycles. The Kier molecular flexibility index (Phi) is 3.37. The highest BCUT2D eigenvalue weighted by Crippen LogP contribution is 2.30. The van der Waals surface area contributed by atoms with E-state index in [9.17, 15) is 0 Å². The topological polar surface area (TPSA) is 24.9 Å². The van der Waals surface area contributed by atoms with E-state index < -0.39 is 0 Å². The van der Waals surface area contributed by atoms with Gasteiger partial charge in [0.1, 0.15) is 0 Å². The molecule has 2 nitrogen and oxygen atoms in total. The number of nitrogens with zero attached hydrogens (tertiary/aromatic N) is 1. The molecule has 18 heavy (non-hydrogen) atoms. The maximum absolute atomic E-state index is 4.62. The average Bonchev–Trinajstić information content (AvgIpc) is 2.49. The quantitative estimate of drug-likeness (QED) is 0.865. The second-order valence-corrected chi connectivity index (χ2v) is 4.80. The molecule has 1 aromatic heterocycles. The van der Waals surface area contributed by atoms with Crippen molar-refractivity contribution in [2.24, 2.45) is 0 Å². The van der Waals surface area contributed by atoms with Crippen molar-refractivity contribution in [1.82, 2.24) is 10.3 Å². The van der Waals surface area contributed by atoms with Crippen molar-refractivity contribution in [3.05, 3.63) is 54.4 Å². The van der Waals surface area contributed by atoms with Gasteiger partial charge in [-0.25, -0.2) is 0 Å². The lowest BCUT2D eigenvalue weighted by Crippen LogP contribution is -2.27. The molecule has 2 heteroatoms. The predicted molar refractivity (Wildman–Crippen MR) is 74.3 cm³/mol. The Bertz CT molecular complexity index is 502. The van der Waals surface area contributed by atoms with E-state index in [0.717, 1.165) is 6.54 Å². The fourth-order valence-corrected chi connectivity index (χ4v) is 2.64. The summed E-state index contributed by atoms with van der Waals surface area (Å²) in [6.45, 7) is 1.11. The molecule has 1 aliphatic heterocycles. The number of hydrogen-bond acceptors (Lipinski definition) is 2. The summed E-state index contributed by atoms with van der Waals surface area (Å²) in [6.07, 6.45) is 5.67. The Morgan fingerprint density at radius 1 is 1.00 bits per heavy atom. The largest absolute Gasteiger partial charge is 0.309 e. The fraction of sp³-hybridized carbons (Fsp3) is 0.312. The zero-order valence-electron chi connectivity index (χ0n) is 10.5. The van der Waals surface area contributed by atoms with E-state index in [1.807, 2.05) is 12.3 Å². The highest BCUT2D eigenvalue weighted by molar-refractivity contribution is 5.66. The summed E-state index contributed by atoms with van der Waals surface area (Å²) in [5.74, 6) is 0. The van der Waals surface area contributed by atoms with Crippen LogP contribution in [0.5, 0.6) is 0 Å². The van der Waals surface area contributed by atoms with Crippen molar-refractivity contribution in [3.63, 3.8) is 0 Å². The molecule has 1 aromatic carbocycles. The first-order chi connectivity index (χ1) is 8.95. The zero-order valence-corrected chi connectivity index (χ0v) is 10.5. The Morgan fingerprint density at radius 2 is 1.89 bits per heavy atom. The monoisotopic (exact) mass is 238 g/mol. The third kappa shape index (κ3) is 2.29. The Labute approximate surface area is 108 Å². The lowest BCUT2D eigenvalue weighted by molar-refractivity contribution is 0.406. The number of piperidine rings is 1. The molecule has 1 unspecified atom stereocenters. The maximum atomic E-state index is 4.62. The smallest absolute Gasteiger partial charge is 0.0651 e. The van der Waals surface area contributed by atoms with E-state index in [1.165, 1.54) is 36.1 Å². The van der Waals surface area contributed by atoms with Crippen LogP contribution in [0.4, 0.5) is 0 Å². The van der Waals surface area contributed by atoms with Gasteiger partial charge in [-0.2, -0.15) is 0 Å². The summed E-state index contributed by atoms with van der Waals surface area (Å²) in [5.41, 5.74) is 3.72. The molecular formula is C16H18N2. The van der Waals surface area contributed by atoms with E-state index in [-0.39, 0.29) is 0 Å². The molecule has 0 aliphatic carbocycles. The molecule has 1 atom stereocenters. The van der Waals surface area contributed by atoms with Gasteiger partial charge < -0.3 is 5.32 Å². The molecule has 1 fully saturated rings. The summed E-state index contributed by atoms with van der Waals surface area (Å²) in [7, 11) is 0. The molecular weight excluding hydrogens is 220 g/mol. The van der Waals surface area contributed by atoms with Gasteiger partial charge in [-0.05, 0) is 31.0 Å². The summed E-state index contributed by atoms with van der Waals surface area (Å²) in [5, 5.41) is 3.58. The van der Waals surface area contributed by atoms with E-state index in [1.54, 1.807) is 0 Å². The van der Waals surface area contributed by atoms with Crippen LogP contribution in [0.2, 0.25) is 0 Å². The second-order valence-electron chi connectivity index (χ2n) is 4.80. The first-order valence-corrected chi connectivity index (χ1v) is 6.69. The molecule has 0 radical (unpaired) electrons. The van der Waals surface area contributed by atoms with E-state index in [2.05, 4.69) is 46.7 Å². The van der Waals surface area contributed by atoms with Crippen LogP contribution in [0.1, 0.15) is 31.0 Å². The van der Waals surface area contributed by atoms with Crippen molar-refractivity contribution in [3.8, 4) is 11.1 Å². The average molecular weight is 238 g/mol. The lowest BCUT2D eigenvalue weighted by Gasteiger charge is -2.24. The first-order valence-electron chi connectivity index (χ1n) is 6.69. The fourth-order valence-electron chi connectivity index (χ4n) is 2.64. The van der Waals surface area contributed by atoms with Gasteiger partial charge in [0.2, 0.25) is 0 Å². The van der Waals surface area contributed by atoms with Crippen LogP contribution in [-0.4, -0.2) is 11.5 Å². The SMILES string of the molecule is c1ccc(-c2cccnc2C2CCCCN2)cc1. The summed E-state index contributed by atoms with van der Waals surface area (Å²) in [6, 6.07) is 15.1. The Morgan fingerprint density at radius 3 is 2.67 bits per heavy atom. The van der Waals surface area contributed by atoms with E-state index in [0.29, 0.717) is 6.04 Å². The number of aromatic nitrogens is 1. The number of hydrogen-bond donors (Lipinski definition) is 1. The molecule has 1 saturated heterocycles. The van der Waals surface area contributed by atoms with Gasteiger partial charge in [0.05, 0.1) is 11.7 Å². The van der Waals surface area contributed by atoms with Gasteiger partial charge >= 0.3 is 0 Å². The van der Waals surface area contributed by atoms with Crippen LogP contribution in [0.15, 0.2) is 48.7 Å². The van der Waals surface area contributed by atoms with Crippen LogP contribution in [0.3, 0.4) is 0 Å². The number of benzene rings is 1. The van der Waals surface area contributed by atoms with Gasteiger partial charge in [0, 0.05) is 11.8 Å². The van der Waals surface area contributed by atoms with Gasteiger partial charge in [0.15, 0.2) is 0 Å². The molecule has 0 amide bonds. The molecule has 92 valence electrons. The zero-order chi connectivity index (χ0) is 12.2. The number of nitrogens with one attached hydrogen (secondary N) is 1. The standard InChI is InChI=1S/C16H18N2/c1-2-7-13(8-3-1)14-9-6-12-18-16(14)15-10-4-5-11-17-15/h1-3,6-9,12,15,17H,4-5,10-11H2. The molecule has 1 aliphatic rings. The van der Waals surface area contributed by atoms with E-state index >= 15 is 0 Å². The minimum Gasteiger partial charge on any atom is -0.309 e. The molecule has 2 aromatic rings. The third-order valence-corrected chi connectivity index (χ3v) is 3.56. The summed E-state index contributed by atoms with van der Waals surface area (Å²) < 4.78 is 0. The summed E-state index contributed by atoms with van der Waals surface area (Å²) in [4.78, 5) is 4.62. The normalized spacial score (nSPS) is 19.7. The number of pyridine rings is 1. The summed E-state index contributed by atoms with van der Waals surface area (Å²) >= 11 is 0. The second kappa shape index (κ2) is 5.32. The van der Waals surface area contributed by atoms with Crippen LogP contribution >= 0.6 is 0 Å². The Hall–Kier alpha value is -1.67. The van der Waals surface area contributed by atoms with Gasteiger partial charge in [-0.15, -0.1) is 0 Å². The molecule has 3 rings (SSSR count). The van der Waals surface area contributed by atoms with E-state index in [4.69, 9.17) is 0 Å². The predicted octanol–water partition coefficient (Wildman–Crippen LogP) is 3.56. The van der Waals surface area contributed by atoms with Crippen molar-refractivity contribution in [1.29, 1.82) is 0 Å². The number of rotatable bonds is 2. The lowest BCUT2D eigenvalue weighted by atomic mass is 9.95. The highest BCUT2D eigenvalue weighted by atomic mass is 14.9. The maximum Gasteiger partial charge on any atom is 0.0651 e. The molecule has 0 bridgehead atoms. The van der Waals surface area contributed by atoms with Crippen LogP contribution in [-0.2, 0) is 0 Å². The van der Waals surface area contributed by atoms with Crippen LogP contribution < -0.4 is 5.32 Å². The highest BCUT2D eigenvalue weighted by Gasteiger charge is 2.19. The molecule has 1 N–H and O–H groups in total. The minimum absolute atomic E-state index is 0.412. The van der Waals surface area contributed by atoms with Crippen molar-refractivity contribution in [2.45, 2.75) is 25.3 Å². The molecule has 0 spiro atoms. The van der Waals surface area contributed by atoms with Crippen LogP contribution in [0.25, 0.3) is 11.1 Å².